The van der Waals surface area contributed by atoms with E-state index in [1.54, 1.807) is 7.05 Å². The summed E-state index contributed by atoms with van der Waals surface area (Å²) in [5.41, 5.74) is 3.76. The maximum atomic E-state index is 13.3. The molecule has 3 unspecified atom stereocenters. The van der Waals surface area contributed by atoms with Crippen molar-refractivity contribution in [1.29, 1.82) is 0 Å². The van der Waals surface area contributed by atoms with Gasteiger partial charge in [0.25, 0.3) is 0 Å². The molecule has 2 aromatic carbocycles. The van der Waals surface area contributed by atoms with Gasteiger partial charge in [-0.25, -0.2) is 0 Å². The van der Waals surface area contributed by atoms with Crippen LogP contribution in [-0.2, 0) is 33.6 Å². The van der Waals surface area contributed by atoms with Gasteiger partial charge in [0.2, 0.25) is 12.3 Å². The molecule has 1 heterocycles. The SMILES string of the molecule is CCNC.CCc1ccccc1.CN(C(=O)C(NCC1CCc2cccc(CCCNC=O)c2O1)C1CCCCC1)C(C=O)CO. The summed E-state index contributed by atoms with van der Waals surface area (Å²) < 4.78 is 6.41. The number of aliphatic hydroxyl groups excluding tert-OH is 1. The maximum absolute atomic E-state index is 13.3. The molecule has 4 rings (SSSR count). The molecule has 2 amide bonds. The molecule has 0 aromatic heterocycles. The van der Waals surface area contributed by atoms with Gasteiger partial charge >= 0.3 is 0 Å². The third-order valence-electron chi connectivity index (χ3n) is 8.80. The van der Waals surface area contributed by atoms with Crippen molar-refractivity contribution in [2.45, 2.75) is 96.2 Å². The van der Waals surface area contributed by atoms with E-state index in [0.717, 1.165) is 82.1 Å². The highest BCUT2D eigenvalue weighted by Crippen LogP contribution is 2.33. The molecule has 1 fully saturated rings. The Labute approximate surface area is 276 Å². The van der Waals surface area contributed by atoms with Crippen LogP contribution in [0.3, 0.4) is 0 Å². The first-order valence-electron chi connectivity index (χ1n) is 17.1. The number of para-hydroxylation sites is 1. The Hall–Kier alpha value is -3.27. The first-order valence-corrected chi connectivity index (χ1v) is 17.1. The third kappa shape index (κ3) is 13.2. The average molecular weight is 639 g/mol. The number of aldehydes is 1. The van der Waals surface area contributed by atoms with E-state index in [2.05, 4.69) is 72.3 Å². The molecule has 0 spiro atoms. The number of carbonyl (C=O) groups excluding carboxylic acids is 3. The molecule has 9 heteroatoms. The van der Waals surface area contributed by atoms with E-state index in [9.17, 15) is 19.5 Å². The summed E-state index contributed by atoms with van der Waals surface area (Å²) in [5, 5.41) is 18.6. The molecule has 9 nitrogen and oxygen atoms in total. The number of likely N-dealkylation sites (N-methyl/N-ethyl adjacent to an activating group) is 1. The number of fused-ring (bicyclic) bond motifs is 1. The molecule has 3 atom stereocenters. The van der Waals surface area contributed by atoms with Crippen LogP contribution < -0.4 is 20.7 Å². The van der Waals surface area contributed by atoms with Crippen LogP contribution in [0.15, 0.2) is 48.5 Å². The predicted molar refractivity (Wildman–Crippen MR) is 185 cm³/mol. The number of hydrogen-bond acceptors (Lipinski definition) is 7. The van der Waals surface area contributed by atoms with Crippen LogP contribution in [-0.4, -0.2) is 87.1 Å². The lowest BCUT2D eigenvalue weighted by Crippen LogP contribution is -2.55. The Morgan fingerprint density at radius 3 is 2.35 bits per heavy atom. The Morgan fingerprint density at radius 1 is 1.04 bits per heavy atom. The minimum absolute atomic E-state index is 0.0503. The molecule has 1 aliphatic heterocycles. The lowest BCUT2D eigenvalue weighted by Gasteiger charge is -2.36. The van der Waals surface area contributed by atoms with Crippen LogP contribution in [0.1, 0.15) is 75.5 Å². The van der Waals surface area contributed by atoms with Crippen LogP contribution in [0.5, 0.6) is 5.75 Å². The van der Waals surface area contributed by atoms with Crippen LogP contribution in [0.25, 0.3) is 0 Å². The Morgan fingerprint density at radius 2 is 1.76 bits per heavy atom. The molecule has 4 N–H and O–H groups in total. The molecule has 0 radical (unpaired) electrons. The lowest BCUT2D eigenvalue weighted by atomic mass is 9.83. The van der Waals surface area contributed by atoms with Crippen molar-refractivity contribution in [2.24, 2.45) is 5.92 Å². The number of rotatable bonds is 15. The quantitative estimate of drug-likeness (QED) is 0.171. The summed E-state index contributed by atoms with van der Waals surface area (Å²) >= 11 is 0. The minimum atomic E-state index is -0.825. The van der Waals surface area contributed by atoms with Gasteiger partial charge in [-0.1, -0.05) is 81.6 Å². The van der Waals surface area contributed by atoms with E-state index >= 15 is 0 Å². The van der Waals surface area contributed by atoms with Crippen molar-refractivity contribution in [2.75, 3.05) is 40.3 Å². The molecule has 0 bridgehead atoms. The second-order valence-electron chi connectivity index (χ2n) is 12.0. The number of nitrogens with zero attached hydrogens (tertiary/aromatic N) is 1. The highest BCUT2D eigenvalue weighted by Gasteiger charge is 2.34. The second-order valence-corrected chi connectivity index (χ2v) is 12.0. The number of amides is 2. The zero-order valence-electron chi connectivity index (χ0n) is 28.5. The van der Waals surface area contributed by atoms with Gasteiger partial charge in [0, 0.05) is 20.1 Å². The number of carbonyl (C=O) groups is 3. The average Bonchev–Trinajstić information content (AvgIpc) is 3.11. The largest absolute Gasteiger partial charge is 0.489 e. The molecule has 256 valence electrons. The van der Waals surface area contributed by atoms with Crippen molar-refractivity contribution < 1.29 is 24.2 Å². The Bertz CT molecular complexity index is 1120. The summed E-state index contributed by atoms with van der Waals surface area (Å²) in [4.78, 5) is 36.5. The zero-order valence-corrected chi connectivity index (χ0v) is 28.5. The van der Waals surface area contributed by atoms with Crippen molar-refractivity contribution in [3.63, 3.8) is 0 Å². The van der Waals surface area contributed by atoms with Gasteiger partial charge in [-0.2, -0.15) is 0 Å². The Balaban J connectivity index is 0.000000514. The van der Waals surface area contributed by atoms with E-state index < -0.39 is 12.1 Å². The molecule has 0 saturated heterocycles. The molecule has 2 aromatic rings. The predicted octanol–water partition coefficient (Wildman–Crippen LogP) is 4.09. The van der Waals surface area contributed by atoms with Gasteiger partial charge in [0.15, 0.2) is 0 Å². The standard InChI is InChI=1S/C26H39N3O5.C8H10.C3H9N/c1-29(22(16-30)17-31)26(33)24(19-7-3-2-4-8-19)28-15-23-13-12-21-10-5-9-20(25(21)34-23)11-6-14-27-18-32;1-2-8-6-4-3-5-7-8;1-3-4-2/h5,9-10,16,18-19,22-24,28,31H,2-4,6-8,11-15,17H2,1H3,(H,27,32);3-7H,2H2,1H3;4H,3H2,1-2H3. The number of ether oxygens (including phenoxy) is 1. The van der Waals surface area contributed by atoms with E-state index in [4.69, 9.17) is 4.74 Å². The van der Waals surface area contributed by atoms with Crippen LogP contribution in [0, 0.1) is 5.92 Å². The first kappa shape index (κ1) is 38.9. The van der Waals surface area contributed by atoms with Gasteiger partial charge in [0.1, 0.15) is 24.2 Å². The van der Waals surface area contributed by atoms with Gasteiger partial charge in [-0.3, -0.25) is 9.59 Å². The number of benzene rings is 2. The van der Waals surface area contributed by atoms with Crippen molar-refractivity contribution >= 4 is 18.6 Å². The number of aliphatic hydroxyl groups is 1. The molecular formula is C37H58N4O5. The molecule has 1 aliphatic carbocycles. The normalized spacial score (nSPS) is 16.9. The molecular weight excluding hydrogens is 580 g/mol. The summed E-state index contributed by atoms with van der Waals surface area (Å²) in [5.74, 6) is 1.01. The van der Waals surface area contributed by atoms with Crippen LogP contribution in [0.2, 0.25) is 0 Å². The van der Waals surface area contributed by atoms with E-state index in [0.29, 0.717) is 19.4 Å². The molecule has 2 aliphatic rings. The smallest absolute Gasteiger partial charge is 0.240 e. The van der Waals surface area contributed by atoms with Crippen LogP contribution >= 0.6 is 0 Å². The lowest BCUT2D eigenvalue weighted by molar-refractivity contribution is -0.139. The summed E-state index contributed by atoms with van der Waals surface area (Å²) in [7, 11) is 3.52. The van der Waals surface area contributed by atoms with Gasteiger partial charge in [0.05, 0.1) is 12.6 Å². The monoisotopic (exact) mass is 638 g/mol. The van der Waals surface area contributed by atoms with Gasteiger partial charge < -0.3 is 35.5 Å². The summed E-state index contributed by atoms with van der Waals surface area (Å²) in [6.45, 7) is 6.10. The number of hydrogen-bond donors (Lipinski definition) is 4. The fraction of sp³-hybridized carbons (Fsp3) is 0.595. The minimum Gasteiger partial charge on any atom is -0.489 e. The summed E-state index contributed by atoms with van der Waals surface area (Å²) in [6.07, 6.45) is 11.2. The van der Waals surface area contributed by atoms with E-state index in [1.807, 2.05) is 13.1 Å². The van der Waals surface area contributed by atoms with E-state index in [1.165, 1.54) is 22.4 Å². The number of nitrogens with one attached hydrogen (secondary N) is 3. The Kier molecular flexibility index (Phi) is 19.5. The van der Waals surface area contributed by atoms with Crippen molar-refractivity contribution in [3.05, 3.63) is 65.2 Å². The topological polar surface area (TPSA) is 120 Å². The second kappa shape index (κ2) is 23.1. The van der Waals surface area contributed by atoms with Gasteiger partial charge in [-0.05, 0) is 81.1 Å². The summed E-state index contributed by atoms with van der Waals surface area (Å²) in [6, 6.07) is 15.5. The number of aryl methyl sites for hydroxylation is 3. The van der Waals surface area contributed by atoms with Crippen molar-refractivity contribution in [1.82, 2.24) is 20.9 Å². The maximum Gasteiger partial charge on any atom is 0.240 e. The first-order chi connectivity index (χ1) is 22.4. The zero-order chi connectivity index (χ0) is 33.6. The van der Waals surface area contributed by atoms with Crippen molar-refractivity contribution in [3.8, 4) is 5.75 Å². The third-order valence-corrected chi connectivity index (χ3v) is 8.80. The highest BCUT2D eigenvalue weighted by molar-refractivity contribution is 5.84. The fourth-order valence-electron chi connectivity index (χ4n) is 5.84. The van der Waals surface area contributed by atoms with Crippen LogP contribution in [0.4, 0.5) is 0 Å². The van der Waals surface area contributed by atoms with Gasteiger partial charge in [-0.15, -0.1) is 0 Å². The van der Waals surface area contributed by atoms with E-state index in [-0.39, 0.29) is 24.5 Å². The molecule has 1 saturated carbocycles. The highest BCUT2D eigenvalue weighted by atomic mass is 16.5. The fourth-order valence-corrected chi connectivity index (χ4v) is 5.84. The molecule has 46 heavy (non-hydrogen) atoms.